The summed E-state index contributed by atoms with van der Waals surface area (Å²) in [6.07, 6.45) is 1.91. The monoisotopic (exact) mass is 383 g/mol. The van der Waals surface area contributed by atoms with E-state index in [9.17, 15) is 4.79 Å². The second-order valence-electron chi connectivity index (χ2n) is 6.21. The van der Waals surface area contributed by atoms with Crippen LogP contribution in [0.4, 0.5) is 0 Å². The number of halogens is 1. The van der Waals surface area contributed by atoms with Crippen LogP contribution in [0.1, 0.15) is 41.5 Å². The first kappa shape index (κ1) is 19.0. The lowest BCUT2D eigenvalue weighted by atomic mass is 10.1. The van der Waals surface area contributed by atoms with Crippen molar-refractivity contribution in [3.8, 4) is 5.75 Å². The standard InChI is InChI=1S/C21H22ClN3O2/c1-3-25-12-11-19(24-25)15(2)23-21(26)17-8-6-7-16(13-17)14-27-20-10-5-4-9-18(20)22/h4-13,15H,3,14H2,1-2H3,(H,23,26). The molecule has 1 heterocycles. The zero-order valence-electron chi connectivity index (χ0n) is 15.4. The molecule has 1 aromatic heterocycles. The van der Waals surface area contributed by atoms with Gasteiger partial charge in [0.2, 0.25) is 0 Å². The van der Waals surface area contributed by atoms with Crippen molar-refractivity contribution in [1.29, 1.82) is 0 Å². The highest BCUT2D eigenvalue weighted by atomic mass is 35.5. The molecule has 1 atom stereocenters. The molecular formula is C21H22ClN3O2. The average molecular weight is 384 g/mol. The molecule has 3 aromatic rings. The van der Waals surface area contributed by atoms with Gasteiger partial charge < -0.3 is 10.1 Å². The minimum absolute atomic E-state index is 0.145. The molecule has 0 aliphatic heterocycles. The fraction of sp³-hybridized carbons (Fsp3) is 0.238. The highest BCUT2D eigenvalue weighted by Gasteiger charge is 2.14. The molecule has 1 unspecified atom stereocenters. The summed E-state index contributed by atoms with van der Waals surface area (Å²) in [6.45, 7) is 5.08. The minimum Gasteiger partial charge on any atom is -0.487 e. The van der Waals surface area contributed by atoms with E-state index in [1.165, 1.54) is 0 Å². The Bertz CT molecular complexity index is 923. The molecule has 0 aliphatic carbocycles. The van der Waals surface area contributed by atoms with E-state index in [-0.39, 0.29) is 11.9 Å². The van der Waals surface area contributed by atoms with Crippen LogP contribution in [0.15, 0.2) is 60.8 Å². The number of aryl methyl sites for hydroxylation is 1. The SMILES string of the molecule is CCn1ccc(C(C)NC(=O)c2cccc(COc3ccccc3Cl)c2)n1. The smallest absolute Gasteiger partial charge is 0.251 e. The van der Waals surface area contributed by atoms with Crippen LogP contribution in [-0.4, -0.2) is 15.7 Å². The Morgan fingerprint density at radius 2 is 2.04 bits per heavy atom. The summed E-state index contributed by atoms with van der Waals surface area (Å²) in [5.41, 5.74) is 2.31. The van der Waals surface area contributed by atoms with Gasteiger partial charge >= 0.3 is 0 Å². The van der Waals surface area contributed by atoms with Crippen LogP contribution < -0.4 is 10.1 Å². The van der Waals surface area contributed by atoms with Gasteiger partial charge in [-0.3, -0.25) is 9.48 Å². The van der Waals surface area contributed by atoms with Gasteiger partial charge in [0.15, 0.2) is 0 Å². The van der Waals surface area contributed by atoms with E-state index < -0.39 is 0 Å². The van der Waals surface area contributed by atoms with Gasteiger partial charge in [0, 0.05) is 18.3 Å². The normalized spacial score (nSPS) is 11.8. The first-order valence-electron chi connectivity index (χ1n) is 8.87. The lowest BCUT2D eigenvalue weighted by Gasteiger charge is -2.13. The second kappa shape index (κ2) is 8.73. The van der Waals surface area contributed by atoms with Crippen molar-refractivity contribution in [2.45, 2.75) is 33.0 Å². The van der Waals surface area contributed by atoms with E-state index in [2.05, 4.69) is 10.4 Å². The second-order valence-corrected chi connectivity index (χ2v) is 6.62. The van der Waals surface area contributed by atoms with E-state index in [0.717, 1.165) is 17.8 Å². The molecule has 1 N–H and O–H groups in total. The van der Waals surface area contributed by atoms with Crippen molar-refractivity contribution in [3.63, 3.8) is 0 Å². The highest BCUT2D eigenvalue weighted by Crippen LogP contribution is 2.24. The number of ether oxygens (including phenoxy) is 1. The molecule has 1 amide bonds. The van der Waals surface area contributed by atoms with Crippen LogP contribution in [0.3, 0.4) is 0 Å². The van der Waals surface area contributed by atoms with Crippen molar-refractivity contribution in [3.05, 3.63) is 82.6 Å². The summed E-state index contributed by atoms with van der Waals surface area (Å²) in [5, 5.41) is 7.98. The molecule has 140 valence electrons. The average Bonchev–Trinajstić information content (AvgIpc) is 3.17. The Morgan fingerprint density at radius 3 is 2.78 bits per heavy atom. The molecule has 3 rings (SSSR count). The number of benzene rings is 2. The van der Waals surface area contributed by atoms with Gasteiger partial charge in [0.25, 0.3) is 5.91 Å². The number of nitrogens with zero attached hydrogens (tertiary/aromatic N) is 2. The van der Waals surface area contributed by atoms with E-state index in [0.29, 0.717) is 22.9 Å². The van der Waals surface area contributed by atoms with Crippen LogP contribution in [0.2, 0.25) is 5.02 Å². The van der Waals surface area contributed by atoms with Crippen molar-refractivity contribution < 1.29 is 9.53 Å². The fourth-order valence-electron chi connectivity index (χ4n) is 2.66. The van der Waals surface area contributed by atoms with E-state index in [4.69, 9.17) is 16.3 Å². The van der Waals surface area contributed by atoms with Crippen LogP contribution in [0.5, 0.6) is 5.75 Å². The van der Waals surface area contributed by atoms with Gasteiger partial charge in [-0.2, -0.15) is 5.10 Å². The van der Waals surface area contributed by atoms with Crippen molar-refractivity contribution in [2.24, 2.45) is 0 Å². The molecule has 0 saturated carbocycles. The number of hydrogen-bond acceptors (Lipinski definition) is 3. The maximum Gasteiger partial charge on any atom is 0.251 e. The Balaban J connectivity index is 1.63. The maximum atomic E-state index is 12.6. The fourth-order valence-corrected chi connectivity index (χ4v) is 2.85. The summed E-state index contributed by atoms with van der Waals surface area (Å²) in [7, 11) is 0. The van der Waals surface area contributed by atoms with Gasteiger partial charge in [0.05, 0.1) is 16.8 Å². The van der Waals surface area contributed by atoms with Gasteiger partial charge in [0.1, 0.15) is 12.4 Å². The molecule has 0 aliphatic rings. The molecule has 0 spiro atoms. The van der Waals surface area contributed by atoms with Crippen molar-refractivity contribution in [1.82, 2.24) is 15.1 Å². The molecule has 5 nitrogen and oxygen atoms in total. The maximum absolute atomic E-state index is 12.6. The lowest BCUT2D eigenvalue weighted by Crippen LogP contribution is -2.27. The summed E-state index contributed by atoms with van der Waals surface area (Å²) in [5.74, 6) is 0.474. The number of carbonyl (C=O) groups is 1. The zero-order chi connectivity index (χ0) is 19.2. The molecule has 2 aromatic carbocycles. The number of para-hydroxylation sites is 1. The number of nitrogens with one attached hydrogen (secondary N) is 1. The molecule has 0 radical (unpaired) electrons. The Morgan fingerprint density at radius 1 is 1.22 bits per heavy atom. The number of rotatable bonds is 7. The molecular weight excluding hydrogens is 362 g/mol. The first-order chi connectivity index (χ1) is 13.1. The predicted octanol–water partition coefficient (Wildman–Crippen LogP) is 4.63. The summed E-state index contributed by atoms with van der Waals surface area (Å²) >= 11 is 6.10. The van der Waals surface area contributed by atoms with Crippen LogP contribution in [0, 0.1) is 0 Å². The number of aromatic nitrogens is 2. The topological polar surface area (TPSA) is 56.2 Å². The summed E-state index contributed by atoms with van der Waals surface area (Å²) < 4.78 is 7.58. The lowest BCUT2D eigenvalue weighted by molar-refractivity contribution is 0.0939. The number of hydrogen-bond donors (Lipinski definition) is 1. The third-order valence-corrected chi connectivity index (χ3v) is 4.51. The van der Waals surface area contributed by atoms with Gasteiger partial charge in [-0.05, 0) is 49.7 Å². The third kappa shape index (κ3) is 4.89. The van der Waals surface area contributed by atoms with Gasteiger partial charge in [-0.15, -0.1) is 0 Å². The summed E-state index contributed by atoms with van der Waals surface area (Å²) in [4.78, 5) is 12.6. The number of amides is 1. The molecule has 0 saturated heterocycles. The quantitative estimate of drug-likeness (QED) is 0.647. The molecule has 27 heavy (non-hydrogen) atoms. The van der Waals surface area contributed by atoms with Crippen LogP contribution in [-0.2, 0) is 13.2 Å². The predicted molar refractivity (Wildman–Crippen MR) is 106 cm³/mol. The Hall–Kier alpha value is -2.79. The van der Waals surface area contributed by atoms with Crippen LogP contribution >= 0.6 is 11.6 Å². The van der Waals surface area contributed by atoms with E-state index in [1.807, 2.05) is 67.2 Å². The van der Waals surface area contributed by atoms with Crippen LogP contribution in [0.25, 0.3) is 0 Å². The van der Waals surface area contributed by atoms with E-state index in [1.54, 1.807) is 12.1 Å². The zero-order valence-corrected chi connectivity index (χ0v) is 16.1. The molecule has 0 fully saturated rings. The Labute approximate surface area is 163 Å². The van der Waals surface area contributed by atoms with E-state index >= 15 is 0 Å². The molecule has 6 heteroatoms. The number of carbonyl (C=O) groups excluding carboxylic acids is 1. The first-order valence-corrected chi connectivity index (χ1v) is 9.25. The Kier molecular flexibility index (Phi) is 6.14. The highest BCUT2D eigenvalue weighted by molar-refractivity contribution is 6.32. The minimum atomic E-state index is -0.173. The summed E-state index contributed by atoms with van der Waals surface area (Å²) in [6, 6.07) is 16.4. The van der Waals surface area contributed by atoms with Crippen molar-refractivity contribution in [2.75, 3.05) is 0 Å². The van der Waals surface area contributed by atoms with Gasteiger partial charge in [-0.1, -0.05) is 35.9 Å². The van der Waals surface area contributed by atoms with Crippen molar-refractivity contribution >= 4 is 17.5 Å². The largest absolute Gasteiger partial charge is 0.487 e. The third-order valence-electron chi connectivity index (χ3n) is 4.20. The van der Waals surface area contributed by atoms with Gasteiger partial charge in [-0.25, -0.2) is 0 Å². The molecule has 0 bridgehead atoms.